The molecule has 9 heteroatoms. The summed E-state index contributed by atoms with van der Waals surface area (Å²) in [5.41, 5.74) is 5.43. The van der Waals surface area contributed by atoms with Crippen molar-refractivity contribution in [3.63, 3.8) is 0 Å². The zero-order valence-corrected chi connectivity index (χ0v) is 14.5. The molecule has 3 N–H and O–H groups in total. The van der Waals surface area contributed by atoms with Gasteiger partial charge in [-0.3, -0.25) is 34.2 Å². The van der Waals surface area contributed by atoms with Crippen LogP contribution in [0.3, 0.4) is 0 Å². The molecule has 2 aliphatic rings. The van der Waals surface area contributed by atoms with Gasteiger partial charge in [-0.1, -0.05) is 0 Å². The lowest BCUT2D eigenvalue weighted by atomic mass is 10.0. The second-order valence-electron chi connectivity index (χ2n) is 6.43. The van der Waals surface area contributed by atoms with Crippen LogP contribution in [0.2, 0.25) is 0 Å². The number of hydrogen-bond acceptors (Lipinski definition) is 6. The summed E-state index contributed by atoms with van der Waals surface area (Å²) < 4.78 is 5.55. The topological polar surface area (TPSA) is 136 Å². The van der Waals surface area contributed by atoms with Crippen LogP contribution >= 0.6 is 0 Å². The predicted molar refractivity (Wildman–Crippen MR) is 91.7 cm³/mol. The Bertz CT molecular complexity index is 834. The van der Waals surface area contributed by atoms with Crippen LogP contribution in [-0.2, 0) is 14.4 Å². The van der Waals surface area contributed by atoms with E-state index in [1.807, 2.05) is 0 Å². The number of carbonyl (C=O) groups excluding carboxylic acids is 5. The van der Waals surface area contributed by atoms with E-state index < -0.39 is 29.7 Å². The molecule has 1 aromatic carbocycles. The van der Waals surface area contributed by atoms with Crippen molar-refractivity contribution in [3.05, 3.63) is 29.3 Å². The van der Waals surface area contributed by atoms with Crippen molar-refractivity contribution in [2.24, 2.45) is 5.73 Å². The molecule has 1 fully saturated rings. The van der Waals surface area contributed by atoms with Crippen LogP contribution in [0.25, 0.3) is 0 Å². The average Bonchev–Trinajstić information content (AvgIpc) is 2.86. The predicted octanol–water partition coefficient (Wildman–Crippen LogP) is 0.122. The second-order valence-corrected chi connectivity index (χ2v) is 6.43. The number of ether oxygens (including phenoxy) is 1. The van der Waals surface area contributed by atoms with E-state index in [1.54, 1.807) is 6.07 Å². The van der Waals surface area contributed by atoms with E-state index in [9.17, 15) is 24.0 Å². The van der Waals surface area contributed by atoms with Gasteiger partial charge < -0.3 is 10.5 Å². The smallest absolute Gasteiger partial charge is 0.262 e. The third-order valence-corrected chi connectivity index (χ3v) is 4.50. The third-order valence-electron chi connectivity index (χ3n) is 4.50. The molecule has 27 heavy (non-hydrogen) atoms. The normalized spacial score (nSPS) is 19.1. The molecule has 9 nitrogen and oxygen atoms in total. The maximum Gasteiger partial charge on any atom is 0.262 e. The lowest BCUT2D eigenvalue weighted by molar-refractivity contribution is -0.136. The molecule has 1 atom stereocenters. The number of nitrogens with two attached hydrogens (primary N) is 1. The van der Waals surface area contributed by atoms with Crippen molar-refractivity contribution in [1.82, 2.24) is 10.2 Å². The summed E-state index contributed by atoms with van der Waals surface area (Å²) in [5, 5.41) is 2.15. The minimum absolute atomic E-state index is 0.0729. The van der Waals surface area contributed by atoms with Crippen molar-refractivity contribution in [3.8, 4) is 5.75 Å². The quantitative estimate of drug-likeness (QED) is 0.515. The van der Waals surface area contributed by atoms with Gasteiger partial charge in [-0.2, -0.15) is 0 Å². The van der Waals surface area contributed by atoms with E-state index in [0.29, 0.717) is 25.2 Å². The molecule has 0 spiro atoms. The van der Waals surface area contributed by atoms with Crippen LogP contribution in [0, 0.1) is 0 Å². The fourth-order valence-electron chi connectivity index (χ4n) is 3.13. The van der Waals surface area contributed by atoms with Gasteiger partial charge in [0.15, 0.2) is 0 Å². The van der Waals surface area contributed by atoms with E-state index in [1.165, 1.54) is 12.1 Å². The van der Waals surface area contributed by atoms with Gasteiger partial charge in [-0.15, -0.1) is 0 Å². The number of benzene rings is 1. The summed E-state index contributed by atoms with van der Waals surface area (Å²) in [6.45, 7) is 0.338. The van der Waals surface area contributed by atoms with Gasteiger partial charge in [0.25, 0.3) is 11.8 Å². The number of primary amides is 1. The summed E-state index contributed by atoms with van der Waals surface area (Å²) in [6.07, 6.45) is 1.68. The van der Waals surface area contributed by atoms with E-state index in [4.69, 9.17) is 10.5 Å². The summed E-state index contributed by atoms with van der Waals surface area (Å²) >= 11 is 0. The van der Waals surface area contributed by atoms with Crippen molar-refractivity contribution >= 4 is 29.5 Å². The first-order valence-electron chi connectivity index (χ1n) is 8.65. The Balaban J connectivity index is 1.68. The number of unbranched alkanes of at least 4 members (excludes halogenated alkanes) is 1. The Morgan fingerprint density at radius 1 is 1.15 bits per heavy atom. The fraction of sp³-hybridized carbons (Fsp3) is 0.389. The number of carbonyl (C=O) groups is 5. The van der Waals surface area contributed by atoms with Crippen molar-refractivity contribution in [2.75, 3.05) is 6.61 Å². The van der Waals surface area contributed by atoms with E-state index in [2.05, 4.69) is 5.32 Å². The van der Waals surface area contributed by atoms with Crippen LogP contribution in [0.5, 0.6) is 5.75 Å². The number of fused-ring (bicyclic) bond motifs is 1. The lowest BCUT2D eigenvalue weighted by Crippen LogP contribution is -2.54. The standard InChI is InChI=1S/C18H19N3O6/c19-14(22)3-1-2-8-27-10-4-5-11-12(9-10)18(26)21(17(11)25)13-6-7-15(23)20-16(13)24/h4-5,9,13H,1-3,6-8H2,(H2,19,22)(H,20,23,24). The molecule has 2 heterocycles. The summed E-state index contributed by atoms with van der Waals surface area (Å²) in [7, 11) is 0. The molecular weight excluding hydrogens is 354 g/mol. The molecule has 142 valence electrons. The monoisotopic (exact) mass is 373 g/mol. The largest absolute Gasteiger partial charge is 0.494 e. The summed E-state index contributed by atoms with van der Waals surface area (Å²) in [6, 6.07) is 3.54. The van der Waals surface area contributed by atoms with E-state index in [0.717, 1.165) is 4.90 Å². The molecule has 0 bridgehead atoms. The molecular formula is C18H19N3O6. The number of imide groups is 2. The SMILES string of the molecule is NC(=O)CCCCOc1ccc2c(c1)C(=O)N(C1CCC(=O)NC1=O)C2=O. The highest BCUT2D eigenvalue weighted by Gasteiger charge is 2.44. The number of nitrogens with zero attached hydrogens (tertiary/aromatic N) is 1. The Morgan fingerprint density at radius 3 is 2.59 bits per heavy atom. The molecule has 0 radical (unpaired) electrons. The molecule has 1 saturated heterocycles. The fourth-order valence-corrected chi connectivity index (χ4v) is 3.13. The Morgan fingerprint density at radius 2 is 1.89 bits per heavy atom. The Labute approximate surface area is 154 Å². The maximum atomic E-state index is 12.7. The highest BCUT2D eigenvalue weighted by molar-refractivity contribution is 6.23. The highest BCUT2D eigenvalue weighted by atomic mass is 16.5. The average molecular weight is 373 g/mol. The van der Waals surface area contributed by atoms with Crippen LogP contribution < -0.4 is 15.8 Å². The molecule has 1 aromatic rings. The molecule has 0 saturated carbocycles. The highest BCUT2D eigenvalue weighted by Crippen LogP contribution is 2.30. The molecule has 1 unspecified atom stereocenters. The van der Waals surface area contributed by atoms with E-state index in [-0.39, 0.29) is 36.3 Å². The molecule has 2 aliphatic heterocycles. The number of hydrogen-bond donors (Lipinski definition) is 2. The number of rotatable bonds is 7. The van der Waals surface area contributed by atoms with Crippen LogP contribution in [-0.4, -0.2) is 47.1 Å². The van der Waals surface area contributed by atoms with Gasteiger partial charge in [0, 0.05) is 12.8 Å². The number of amides is 5. The minimum Gasteiger partial charge on any atom is -0.494 e. The molecule has 5 amide bonds. The molecule has 0 aromatic heterocycles. The Hall–Kier alpha value is -3.23. The van der Waals surface area contributed by atoms with E-state index >= 15 is 0 Å². The van der Waals surface area contributed by atoms with Gasteiger partial charge in [0.1, 0.15) is 11.8 Å². The van der Waals surface area contributed by atoms with Gasteiger partial charge in [0.05, 0.1) is 17.7 Å². The molecule has 0 aliphatic carbocycles. The first-order valence-corrected chi connectivity index (χ1v) is 8.65. The third kappa shape index (κ3) is 3.81. The maximum absolute atomic E-state index is 12.7. The Kier molecular flexibility index (Phi) is 5.20. The summed E-state index contributed by atoms with van der Waals surface area (Å²) in [4.78, 5) is 60.1. The van der Waals surface area contributed by atoms with Gasteiger partial charge in [0.2, 0.25) is 17.7 Å². The van der Waals surface area contributed by atoms with Gasteiger partial charge >= 0.3 is 0 Å². The first kappa shape index (κ1) is 18.6. The van der Waals surface area contributed by atoms with Crippen molar-refractivity contribution in [2.45, 2.75) is 38.1 Å². The van der Waals surface area contributed by atoms with Gasteiger partial charge in [-0.25, -0.2) is 0 Å². The minimum atomic E-state index is -0.992. The number of piperidine rings is 1. The summed E-state index contributed by atoms with van der Waals surface area (Å²) in [5.74, 6) is -2.16. The molecule has 3 rings (SSSR count). The van der Waals surface area contributed by atoms with Crippen LogP contribution in [0.4, 0.5) is 0 Å². The van der Waals surface area contributed by atoms with Crippen molar-refractivity contribution in [1.29, 1.82) is 0 Å². The van der Waals surface area contributed by atoms with Crippen molar-refractivity contribution < 1.29 is 28.7 Å². The van der Waals surface area contributed by atoms with Gasteiger partial charge in [-0.05, 0) is 37.5 Å². The zero-order valence-electron chi connectivity index (χ0n) is 14.5. The number of nitrogens with one attached hydrogen (secondary N) is 1. The lowest BCUT2D eigenvalue weighted by Gasteiger charge is -2.27. The second kappa shape index (κ2) is 7.56. The van der Waals surface area contributed by atoms with Crippen LogP contribution in [0.15, 0.2) is 18.2 Å². The van der Waals surface area contributed by atoms with Crippen LogP contribution in [0.1, 0.15) is 52.8 Å². The first-order chi connectivity index (χ1) is 12.9. The zero-order chi connectivity index (χ0) is 19.6.